The van der Waals surface area contributed by atoms with Crippen molar-refractivity contribution in [1.82, 2.24) is 0 Å². The summed E-state index contributed by atoms with van der Waals surface area (Å²) in [6.07, 6.45) is 8.30. The second-order valence-corrected chi connectivity index (χ2v) is 10.3. The largest absolute Gasteiger partial charge is 0.251 e. The highest BCUT2D eigenvalue weighted by Gasteiger charge is 2.37. The van der Waals surface area contributed by atoms with Crippen molar-refractivity contribution >= 4 is 11.6 Å². The van der Waals surface area contributed by atoms with Crippen LogP contribution in [0.2, 0.25) is 0 Å². The number of rotatable bonds is 3. The molecule has 0 radical (unpaired) electrons. The van der Waals surface area contributed by atoms with E-state index in [1.54, 1.807) is 0 Å². The van der Waals surface area contributed by atoms with E-state index in [2.05, 4.69) is 75.9 Å². The molecular weight excluding hydrogens is 356 g/mol. The summed E-state index contributed by atoms with van der Waals surface area (Å²) < 4.78 is 0. The van der Waals surface area contributed by atoms with Gasteiger partial charge in [0.25, 0.3) is 0 Å². The van der Waals surface area contributed by atoms with Crippen molar-refractivity contribution in [3.63, 3.8) is 0 Å². The van der Waals surface area contributed by atoms with Crippen molar-refractivity contribution in [3.05, 3.63) is 69.3 Å². The van der Waals surface area contributed by atoms with Crippen LogP contribution in [0.1, 0.15) is 92.3 Å². The number of benzene rings is 2. The Kier molecular flexibility index (Phi) is 5.21. The zero-order valence-corrected chi connectivity index (χ0v) is 18.6. The normalized spacial score (nSPS) is 21.0. The molecule has 0 aromatic heterocycles. The third kappa shape index (κ3) is 3.81. The van der Waals surface area contributed by atoms with Gasteiger partial charge in [-0.25, -0.2) is 4.89 Å². The van der Waals surface area contributed by atoms with Gasteiger partial charge in [0.05, 0.1) is 0 Å². The van der Waals surface area contributed by atoms with Crippen molar-refractivity contribution < 1.29 is 10.1 Å². The fourth-order valence-corrected chi connectivity index (χ4v) is 5.17. The van der Waals surface area contributed by atoms with Gasteiger partial charge >= 0.3 is 0 Å². The lowest BCUT2D eigenvalue weighted by Gasteiger charge is -2.42. The molecule has 0 spiro atoms. The summed E-state index contributed by atoms with van der Waals surface area (Å²) in [5, 5.41) is 8.77. The Morgan fingerprint density at radius 3 is 2.34 bits per heavy atom. The molecule has 0 fully saturated rings. The van der Waals surface area contributed by atoms with Crippen molar-refractivity contribution in [3.8, 4) is 0 Å². The van der Waals surface area contributed by atoms with Gasteiger partial charge in [-0.3, -0.25) is 5.26 Å². The fraction of sp³-hybridized carbons (Fsp3) is 0.481. The number of aryl methyl sites for hydroxylation is 2. The molecule has 0 heterocycles. The van der Waals surface area contributed by atoms with Crippen LogP contribution in [-0.4, -0.2) is 5.26 Å². The van der Waals surface area contributed by atoms with E-state index in [9.17, 15) is 0 Å². The minimum Gasteiger partial charge on any atom is -0.251 e. The summed E-state index contributed by atoms with van der Waals surface area (Å²) in [6.45, 7) is 12.1. The number of fused-ring (bicyclic) bond motifs is 2. The first-order chi connectivity index (χ1) is 13.7. The Bertz CT molecular complexity index is 963. The molecule has 0 atom stereocenters. The van der Waals surface area contributed by atoms with Crippen LogP contribution in [0.3, 0.4) is 0 Å². The lowest BCUT2D eigenvalue weighted by molar-refractivity contribution is -0.253. The highest BCUT2D eigenvalue weighted by molar-refractivity contribution is 5.85. The Morgan fingerprint density at radius 2 is 1.66 bits per heavy atom. The Balaban J connectivity index is 1.79. The summed E-state index contributed by atoms with van der Waals surface area (Å²) in [7, 11) is 0. The molecule has 0 bridgehead atoms. The van der Waals surface area contributed by atoms with Crippen molar-refractivity contribution in [2.24, 2.45) is 0 Å². The van der Waals surface area contributed by atoms with Gasteiger partial charge in [-0.2, -0.15) is 0 Å². The molecule has 2 aromatic carbocycles. The van der Waals surface area contributed by atoms with E-state index in [1.807, 2.05) is 0 Å². The summed E-state index contributed by atoms with van der Waals surface area (Å²) in [4.78, 5) is 4.33. The molecule has 2 nitrogen and oxygen atoms in total. The average Bonchev–Trinajstić information content (AvgIpc) is 2.67. The van der Waals surface area contributed by atoms with Crippen LogP contribution in [0, 0.1) is 6.92 Å². The summed E-state index contributed by atoms with van der Waals surface area (Å²) in [5.41, 5.74) is 11.5. The standard InChI is InChI=1S/C27H34O2/c1-18-13-24-25(27(4,5)12-11-26(24,2)3)16-22(18)15-21-8-6-7-20-14-19(17-29-28)9-10-23(20)21/h9-10,13-16,28H,6-8,11-12,17H2,1-5H3. The maximum atomic E-state index is 8.77. The second-order valence-electron chi connectivity index (χ2n) is 10.3. The lowest BCUT2D eigenvalue weighted by Crippen LogP contribution is -2.34. The minimum absolute atomic E-state index is 0.232. The first-order valence-electron chi connectivity index (χ1n) is 11.0. The molecule has 2 aliphatic rings. The van der Waals surface area contributed by atoms with Crippen LogP contribution in [0.25, 0.3) is 11.6 Å². The van der Waals surface area contributed by atoms with Gasteiger partial charge in [0.1, 0.15) is 6.61 Å². The molecule has 4 rings (SSSR count). The quantitative estimate of drug-likeness (QED) is 0.443. The Labute approximate surface area is 175 Å². The second kappa shape index (κ2) is 7.41. The maximum absolute atomic E-state index is 8.77. The fourth-order valence-electron chi connectivity index (χ4n) is 5.17. The van der Waals surface area contributed by atoms with Crippen LogP contribution in [0.4, 0.5) is 0 Å². The summed E-state index contributed by atoms with van der Waals surface area (Å²) in [6, 6.07) is 11.4. The van der Waals surface area contributed by atoms with Gasteiger partial charge < -0.3 is 0 Å². The zero-order chi connectivity index (χ0) is 20.8. The molecule has 2 aliphatic carbocycles. The SMILES string of the molecule is Cc1cc2c(cc1C=C1CCCc3cc(COO)ccc31)C(C)(C)CCC2(C)C. The summed E-state index contributed by atoms with van der Waals surface area (Å²) >= 11 is 0. The van der Waals surface area contributed by atoms with Gasteiger partial charge in [0.15, 0.2) is 0 Å². The third-order valence-electron chi connectivity index (χ3n) is 7.21. The number of allylic oxidation sites excluding steroid dienone is 1. The zero-order valence-electron chi connectivity index (χ0n) is 18.6. The molecule has 2 heteroatoms. The molecule has 1 N–H and O–H groups in total. The van der Waals surface area contributed by atoms with E-state index in [0.29, 0.717) is 0 Å². The van der Waals surface area contributed by atoms with E-state index in [1.165, 1.54) is 58.2 Å². The molecule has 0 amide bonds. The third-order valence-corrected chi connectivity index (χ3v) is 7.21. The van der Waals surface area contributed by atoms with Crippen LogP contribution in [0.5, 0.6) is 0 Å². The molecule has 154 valence electrons. The highest BCUT2D eigenvalue weighted by atomic mass is 17.1. The smallest absolute Gasteiger partial charge is 0.107 e. The molecule has 0 aliphatic heterocycles. The van der Waals surface area contributed by atoms with Gasteiger partial charge in [-0.05, 0) is 94.4 Å². The van der Waals surface area contributed by atoms with Crippen molar-refractivity contribution in [1.29, 1.82) is 0 Å². The van der Waals surface area contributed by atoms with E-state index < -0.39 is 0 Å². The van der Waals surface area contributed by atoms with Crippen LogP contribution < -0.4 is 0 Å². The van der Waals surface area contributed by atoms with E-state index in [0.717, 1.165) is 18.4 Å². The first kappa shape index (κ1) is 20.4. The van der Waals surface area contributed by atoms with Gasteiger partial charge in [-0.1, -0.05) is 64.1 Å². The Morgan fingerprint density at radius 1 is 0.966 bits per heavy atom. The van der Waals surface area contributed by atoms with Crippen LogP contribution >= 0.6 is 0 Å². The molecular formula is C27H34O2. The number of hydrogen-bond donors (Lipinski definition) is 1. The van der Waals surface area contributed by atoms with E-state index in [-0.39, 0.29) is 17.4 Å². The average molecular weight is 391 g/mol. The molecule has 29 heavy (non-hydrogen) atoms. The minimum atomic E-state index is 0.232. The predicted octanol–water partition coefficient (Wildman–Crippen LogP) is 7.21. The van der Waals surface area contributed by atoms with Gasteiger partial charge in [0.2, 0.25) is 0 Å². The predicted molar refractivity (Wildman–Crippen MR) is 121 cm³/mol. The van der Waals surface area contributed by atoms with Crippen molar-refractivity contribution in [2.45, 2.75) is 84.2 Å². The molecule has 0 saturated heterocycles. The first-order valence-corrected chi connectivity index (χ1v) is 11.0. The van der Waals surface area contributed by atoms with Crippen molar-refractivity contribution in [2.75, 3.05) is 0 Å². The van der Waals surface area contributed by atoms with E-state index in [4.69, 9.17) is 5.26 Å². The number of hydrogen-bond acceptors (Lipinski definition) is 2. The van der Waals surface area contributed by atoms with Crippen LogP contribution in [0.15, 0.2) is 30.3 Å². The molecule has 2 aromatic rings. The topological polar surface area (TPSA) is 29.5 Å². The molecule has 0 saturated carbocycles. The lowest BCUT2D eigenvalue weighted by atomic mass is 9.62. The molecule has 0 unspecified atom stereocenters. The Hall–Kier alpha value is -1.90. The summed E-state index contributed by atoms with van der Waals surface area (Å²) in [5.74, 6) is 0. The van der Waals surface area contributed by atoms with Gasteiger partial charge in [-0.15, -0.1) is 0 Å². The van der Waals surface area contributed by atoms with Gasteiger partial charge in [0, 0.05) is 0 Å². The highest BCUT2D eigenvalue weighted by Crippen LogP contribution is 2.47. The van der Waals surface area contributed by atoms with Crippen LogP contribution in [-0.2, 0) is 28.7 Å². The van der Waals surface area contributed by atoms with E-state index >= 15 is 0 Å². The maximum Gasteiger partial charge on any atom is 0.107 e. The monoisotopic (exact) mass is 390 g/mol.